The maximum Gasteiger partial charge on any atom is 0.229 e. The Kier molecular flexibility index (Phi) is 9.30. The van der Waals surface area contributed by atoms with Crippen LogP contribution in [0.2, 0.25) is 0 Å². The molecule has 0 fully saturated rings. The van der Waals surface area contributed by atoms with E-state index in [1.807, 2.05) is 0 Å². The van der Waals surface area contributed by atoms with Gasteiger partial charge in [0.15, 0.2) is 28.3 Å². The van der Waals surface area contributed by atoms with Crippen molar-refractivity contribution in [3.8, 4) is 11.5 Å². The summed E-state index contributed by atoms with van der Waals surface area (Å²) in [5, 5.41) is 18.6. The van der Waals surface area contributed by atoms with Crippen molar-refractivity contribution in [3.63, 3.8) is 0 Å². The van der Waals surface area contributed by atoms with Gasteiger partial charge in [0.05, 0.1) is 37.9 Å². The number of ether oxygens (including phenoxy) is 2. The molecule has 0 unspecified atom stereocenters. The molecule has 0 saturated heterocycles. The summed E-state index contributed by atoms with van der Waals surface area (Å²) in [4.78, 5) is 25.9. The number of thiazole rings is 1. The van der Waals surface area contributed by atoms with Crippen molar-refractivity contribution >= 4 is 44.8 Å². The number of halogens is 2. The Hall–Kier alpha value is -3.94. The standard InChI is InChI=1S/C25H26F2N6O4S/c1-36-20-11-16-19(12-21(20)37-9-3-6-28-7-8-34)30-14-31-24(16)33-25-29-13-15(38-25)10-22(35)32-18-5-2-4-17(26)23(18)27/h2,4-5,11-14,28,34H,3,6-10H2,1H3,(H,32,35)(H,29,30,31,33). The molecule has 0 radical (unpaired) electrons. The van der Waals surface area contributed by atoms with Crippen LogP contribution in [0.25, 0.3) is 10.9 Å². The average molecular weight is 545 g/mol. The van der Waals surface area contributed by atoms with E-state index in [2.05, 4.69) is 30.9 Å². The third-order valence-electron chi connectivity index (χ3n) is 5.30. The molecule has 4 aromatic rings. The van der Waals surface area contributed by atoms with Crippen molar-refractivity contribution in [2.24, 2.45) is 0 Å². The minimum atomic E-state index is -1.11. The summed E-state index contributed by atoms with van der Waals surface area (Å²) in [6.07, 6.45) is 3.62. The van der Waals surface area contributed by atoms with Gasteiger partial charge in [0.2, 0.25) is 5.91 Å². The Morgan fingerprint density at radius 2 is 2.00 bits per heavy atom. The number of aliphatic hydroxyl groups is 1. The first-order valence-electron chi connectivity index (χ1n) is 11.7. The topological polar surface area (TPSA) is 131 Å². The maximum atomic E-state index is 13.8. The van der Waals surface area contributed by atoms with Crippen molar-refractivity contribution in [3.05, 3.63) is 59.4 Å². The highest BCUT2D eigenvalue weighted by molar-refractivity contribution is 7.15. The van der Waals surface area contributed by atoms with Crippen LogP contribution < -0.4 is 25.4 Å². The highest BCUT2D eigenvalue weighted by atomic mass is 32.1. The molecule has 13 heteroatoms. The fraction of sp³-hybridized carbons (Fsp3) is 0.280. The molecule has 1 amide bonds. The lowest BCUT2D eigenvalue weighted by atomic mass is 10.2. The van der Waals surface area contributed by atoms with Crippen LogP contribution in [-0.2, 0) is 11.2 Å². The molecule has 2 heterocycles. The highest BCUT2D eigenvalue weighted by Crippen LogP contribution is 2.35. The summed E-state index contributed by atoms with van der Waals surface area (Å²) in [5.74, 6) is -1.10. The zero-order valence-corrected chi connectivity index (χ0v) is 21.3. The second-order valence-electron chi connectivity index (χ2n) is 8.00. The predicted octanol–water partition coefficient (Wildman–Crippen LogP) is 3.65. The molecule has 38 heavy (non-hydrogen) atoms. The quantitative estimate of drug-likeness (QED) is 0.186. The molecule has 0 spiro atoms. The van der Waals surface area contributed by atoms with Crippen LogP contribution in [0.15, 0.2) is 42.9 Å². The Morgan fingerprint density at radius 3 is 2.82 bits per heavy atom. The van der Waals surface area contributed by atoms with Gasteiger partial charge in [-0.25, -0.2) is 23.7 Å². The lowest BCUT2D eigenvalue weighted by molar-refractivity contribution is -0.115. The normalized spacial score (nSPS) is 10.9. The van der Waals surface area contributed by atoms with Gasteiger partial charge in [0, 0.05) is 29.1 Å². The fourth-order valence-corrected chi connectivity index (χ4v) is 4.33. The third-order valence-corrected chi connectivity index (χ3v) is 6.22. The molecule has 2 aromatic heterocycles. The minimum Gasteiger partial charge on any atom is -0.493 e. The van der Waals surface area contributed by atoms with E-state index in [0.717, 1.165) is 12.5 Å². The number of anilines is 3. The second-order valence-corrected chi connectivity index (χ2v) is 9.12. The van der Waals surface area contributed by atoms with E-state index in [0.29, 0.717) is 57.9 Å². The number of nitrogens with one attached hydrogen (secondary N) is 3. The van der Waals surface area contributed by atoms with E-state index < -0.39 is 17.5 Å². The Morgan fingerprint density at radius 1 is 1.13 bits per heavy atom. The van der Waals surface area contributed by atoms with Gasteiger partial charge < -0.3 is 30.5 Å². The predicted molar refractivity (Wildman–Crippen MR) is 140 cm³/mol. The van der Waals surface area contributed by atoms with Crippen LogP contribution in [0.3, 0.4) is 0 Å². The van der Waals surface area contributed by atoms with Crippen LogP contribution >= 0.6 is 11.3 Å². The lowest BCUT2D eigenvalue weighted by Gasteiger charge is -2.13. The minimum absolute atomic E-state index is 0.0656. The number of hydrogen-bond acceptors (Lipinski definition) is 10. The zero-order valence-electron chi connectivity index (χ0n) is 20.5. The fourth-order valence-electron chi connectivity index (χ4n) is 3.52. The highest BCUT2D eigenvalue weighted by Gasteiger charge is 2.15. The van der Waals surface area contributed by atoms with Gasteiger partial charge in [0.25, 0.3) is 0 Å². The molecule has 0 atom stereocenters. The molecular formula is C25H26F2N6O4S. The molecule has 4 rings (SSSR count). The zero-order chi connectivity index (χ0) is 26.9. The number of benzene rings is 2. The third kappa shape index (κ3) is 6.88. The molecule has 2 aromatic carbocycles. The summed E-state index contributed by atoms with van der Waals surface area (Å²) in [6, 6.07) is 7.12. The van der Waals surface area contributed by atoms with E-state index in [4.69, 9.17) is 14.6 Å². The van der Waals surface area contributed by atoms with Gasteiger partial charge in [-0.15, -0.1) is 11.3 Å². The van der Waals surface area contributed by atoms with E-state index in [1.54, 1.807) is 19.2 Å². The Labute approximate surface area is 221 Å². The molecular weight excluding hydrogens is 518 g/mol. The van der Waals surface area contributed by atoms with Gasteiger partial charge in [0.1, 0.15) is 12.1 Å². The number of rotatable bonds is 13. The van der Waals surface area contributed by atoms with Crippen molar-refractivity contribution < 1.29 is 28.2 Å². The molecule has 0 saturated carbocycles. The van der Waals surface area contributed by atoms with Crippen LogP contribution in [0, 0.1) is 11.6 Å². The maximum absolute atomic E-state index is 13.8. The van der Waals surface area contributed by atoms with E-state index >= 15 is 0 Å². The summed E-state index contributed by atoms with van der Waals surface area (Å²) in [7, 11) is 1.54. The van der Waals surface area contributed by atoms with Gasteiger partial charge in [-0.05, 0) is 31.2 Å². The number of carbonyl (C=O) groups is 1. The summed E-state index contributed by atoms with van der Waals surface area (Å²) < 4.78 is 38.6. The van der Waals surface area contributed by atoms with E-state index in [9.17, 15) is 13.6 Å². The number of carbonyl (C=O) groups excluding carboxylic acids is 1. The summed E-state index contributed by atoms with van der Waals surface area (Å²) >= 11 is 1.23. The van der Waals surface area contributed by atoms with Gasteiger partial charge in [-0.3, -0.25) is 4.79 Å². The smallest absolute Gasteiger partial charge is 0.229 e. The first-order chi connectivity index (χ1) is 18.5. The number of aromatic nitrogens is 3. The van der Waals surface area contributed by atoms with Crippen molar-refractivity contribution in [1.29, 1.82) is 0 Å². The monoisotopic (exact) mass is 544 g/mol. The van der Waals surface area contributed by atoms with Crippen LogP contribution in [-0.4, -0.2) is 59.4 Å². The van der Waals surface area contributed by atoms with Crippen LogP contribution in [0.1, 0.15) is 11.3 Å². The number of amides is 1. The molecule has 200 valence electrons. The van der Waals surface area contributed by atoms with E-state index in [-0.39, 0.29) is 18.7 Å². The van der Waals surface area contributed by atoms with Crippen LogP contribution in [0.4, 0.5) is 25.4 Å². The second kappa shape index (κ2) is 13.0. The average Bonchev–Trinajstić information content (AvgIpc) is 3.35. The number of nitrogens with zero attached hydrogens (tertiary/aromatic N) is 3. The lowest BCUT2D eigenvalue weighted by Crippen LogP contribution is -2.20. The Balaban J connectivity index is 1.42. The van der Waals surface area contributed by atoms with Crippen molar-refractivity contribution in [2.75, 3.05) is 44.0 Å². The largest absolute Gasteiger partial charge is 0.493 e. The van der Waals surface area contributed by atoms with Crippen molar-refractivity contribution in [2.45, 2.75) is 12.8 Å². The SMILES string of the molecule is COc1cc2c(Nc3ncc(CC(=O)Nc4cccc(F)c4F)s3)ncnc2cc1OCCCNCCO. The van der Waals surface area contributed by atoms with E-state index in [1.165, 1.54) is 36.0 Å². The first-order valence-corrected chi connectivity index (χ1v) is 12.5. The number of fused-ring (bicyclic) bond motifs is 1. The number of hydrogen-bond donors (Lipinski definition) is 4. The molecule has 10 nitrogen and oxygen atoms in total. The van der Waals surface area contributed by atoms with Gasteiger partial charge >= 0.3 is 0 Å². The number of aliphatic hydroxyl groups excluding tert-OH is 1. The summed E-state index contributed by atoms with van der Waals surface area (Å²) in [5.41, 5.74) is 0.408. The summed E-state index contributed by atoms with van der Waals surface area (Å²) in [6.45, 7) is 1.79. The Bertz CT molecular complexity index is 1400. The molecule has 0 aliphatic carbocycles. The molecule has 4 N–H and O–H groups in total. The first kappa shape index (κ1) is 27.1. The van der Waals surface area contributed by atoms with Gasteiger partial charge in [-0.1, -0.05) is 6.07 Å². The number of methoxy groups -OCH3 is 1. The molecule has 0 bridgehead atoms. The van der Waals surface area contributed by atoms with Crippen LogP contribution in [0.5, 0.6) is 11.5 Å². The van der Waals surface area contributed by atoms with Gasteiger partial charge in [-0.2, -0.15) is 0 Å². The molecule has 0 aliphatic heterocycles. The molecule has 0 aliphatic rings. The van der Waals surface area contributed by atoms with Crippen molar-refractivity contribution in [1.82, 2.24) is 20.3 Å².